The molecule has 1 aromatic carbocycles. The van der Waals surface area contributed by atoms with Gasteiger partial charge in [0.25, 0.3) is 11.5 Å². The van der Waals surface area contributed by atoms with E-state index in [0.717, 1.165) is 31.5 Å². The normalized spacial score (nSPS) is 16.7. The molecule has 1 amide bonds. The fourth-order valence-electron chi connectivity index (χ4n) is 2.87. The number of nitrogens with one attached hydrogen (secondary N) is 2. The van der Waals surface area contributed by atoms with Gasteiger partial charge in [0.1, 0.15) is 5.69 Å². The maximum atomic E-state index is 12.3. The Balaban J connectivity index is 0.00000225. The van der Waals surface area contributed by atoms with Gasteiger partial charge >= 0.3 is 0 Å². The first-order valence-corrected chi connectivity index (χ1v) is 8.33. The molecule has 1 aliphatic rings. The Morgan fingerprint density at radius 1 is 1.24 bits per heavy atom. The van der Waals surface area contributed by atoms with E-state index in [0.29, 0.717) is 19.0 Å². The smallest absolute Gasteiger partial charge is 0.271 e. The van der Waals surface area contributed by atoms with Crippen LogP contribution < -0.4 is 16.2 Å². The highest BCUT2D eigenvalue weighted by atomic mass is 35.5. The van der Waals surface area contributed by atoms with Crippen LogP contribution in [-0.4, -0.2) is 35.3 Å². The number of amides is 1. The summed E-state index contributed by atoms with van der Waals surface area (Å²) in [5.41, 5.74) is 1.03. The Labute approximate surface area is 153 Å². The van der Waals surface area contributed by atoms with E-state index in [4.69, 9.17) is 0 Å². The number of halogens is 1. The maximum absolute atomic E-state index is 12.3. The Morgan fingerprint density at radius 3 is 2.76 bits per heavy atom. The van der Waals surface area contributed by atoms with Gasteiger partial charge in [0.15, 0.2) is 0 Å². The molecule has 0 radical (unpaired) electrons. The lowest BCUT2D eigenvalue weighted by molar-refractivity contribution is 0.0937. The minimum Gasteiger partial charge on any atom is -0.350 e. The summed E-state index contributed by atoms with van der Waals surface area (Å²) in [7, 11) is 0. The first-order valence-electron chi connectivity index (χ1n) is 8.33. The zero-order valence-electron chi connectivity index (χ0n) is 14.0. The number of carbonyl (C=O) groups is 1. The van der Waals surface area contributed by atoms with E-state index in [9.17, 15) is 9.59 Å². The molecule has 2 heterocycles. The third-order valence-electron chi connectivity index (χ3n) is 4.22. The molecule has 0 bridgehead atoms. The Bertz CT molecular complexity index is 742. The van der Waals surface area contributed by atoms with Gasteiger partial charge in [0.2, 0.25) is 0 Å². The zero-order valence-corrected chi connectivity index (χ0v) is 14.8. The lowest BCUT2D eigenvalue weighted by Gasteiger charge is -2.22. The van der Waals surface area contributed by atoms with Crippen LogP contribution in [-0.2, 0) is 6.54 Å². The van der Waals surface area contributed by atoms with Crippen molar-refractivity contribution in [3.8, 4) is 0 Å². The van der Waals surface area contributed by atoms with Crippen molar-refractivity contribution in [1.82, 2.24) is 20.4 Å². The van der Waals surface area contributed by atoms with Gasteiger partial charge in [-0.15, -0.1) is 12.4 Å². The number of piperidine rings is 1. The molecule has 1 aliphatic heterocycles. The standard InChI is InChI=1S/C18H22N4O2.ClH/c23-17-9-8-16(18(24)20-12-15-7-4-10-19-11-15)21-22(17)13-14-5-2-1-3-6-14;/h1-3,5-6,8-9,15,19H,4,7,10-13H2,(H,20,24);1H. The lowest BCUT2D eigenvalue weighted by Crippen LogP contribution is -2.38. The van der Waals surface area contributed by atoms with Gasteiger partial charge in [0, 0.05) is 12.6 Å². The quantitative estimate of drug-likeness (QED) is 0.844. The van der Waals surface area contributed by atoms with Gasteiger partial charge in [-0.3, -0.25) is 9.59 Å². The van der Waals surface area contributed by atoms with Crippen molar-refractivity contribution in [3.63, 3.8) is 0 Å². The zero-order chi connectivity index (χ0) is 16.8. The first kappa shape index (κ1) is 19.1. The average Bonchev–Trinajstić information content (AvgIpc) is 2.63. The predicted octanol–water partition coefficient (Wildman–Crippen LogP) is 1.44. The van der Waals surface area contributed by atoms with Crippen molar-refractivity contribution in [2.75, 3.05) is 19.6 Å². The Morgan fingerprint density at radius 2 is 2.04 bits per heavy atom. The van der Waals surface area contributed by atoms with E-state index in [1.54, 1.807) is 0 Å². The second-order valence-corrected chi connectivity index (χ2v) is 6.12. The van der Waals surface area contributed by atoms with Crippen LogP contribution in [0.1, 0.15) is 28.9 Å². The van der Waals surface area contributed by atoms with Gasteiger partial charge < -0.3 is 10.6 Å². The molecule has 1 atom stereocenters. The van der Waals surface area contributed by atoms with Crippen LogP contribution >= 0.6 is 12.4 Å². The fourth-order valence-corrected chi connectivity index (χ4v) is 2.87. The van der Waals surface area contributed by atoms with Crippen LogP contribution in [0.5, 0.6) is 0 Å². The predicted molar refractivity (Wildman–Crippen MR) is 99.2 cm³/mol. The molecular formula is C18H23ClN4O2. The number of hydrogen-bond donors (Lipinski definition) is 2. The number of rotatable bonds is 5. The van der Waals surface area contributed by atoms with Crippen molar-refractivity contribution in [2.24, 2.45) is 5.92 Å². The highest BCUT2D eigenvalue weighted by Crippen LogP contribution is 2.08. The molecule has 25 heavy (non-hydrogen) atoms. The minimum absolute atomic E-state index is 0. The van der Waals surface area contributed by atoms with E-state index in [-0.39, 0.29) is 29.6 Å². The highest BCUT2D eigenvalue weighted by Gasteiger charge is 2.15. The van der Waals surface area contributed by atoms with Crippen LogP contribution in [0.3, 0.4) is 0 Å². The number of nitrogens with zero attached hydrogens (tertiary/aromatic N) is 2. The average molecular weight is 363 g/mol. The second kappa shape index (κ2) is 9.34. The van der Waals surface area contributed by atoms with Crippen LogP contribution in [0.4, 0.5) is 0 Å². The maximum Gasteiger partial charge on any atom is 0.271 e. The second-order valence-electron chi connectivity index (χ2n) is 6.12. The van der Waals surface area contributed by atoms with Gasteiger partial charge in [-0.25, -0.2) is 4.68 Å². The number of carbonyl (C=O) groups excluding carboxylic acids is 1. The highest BCUT2D eigenvalue weighted by molar-refractivity contribution is 5.91. The van der Waals surface area contributed by atoms with Crippen LogP contribution in [0, 0.1) is 5.92 Å². The Hall–Kier alpha value is -2.18. The molecule has 0 spiro atoms. The third kappa shape index (κ3) is 5.41. The number of benzene rings is 1. The van der Waals surface area contributed by atoms with Crippen molar-refractivity contribution >= 4 is 18.3 Å². The van der Waals surface area contributed by atoms with E-state index >= 15 is 0 Å². The molecule has 2 N–H and O–H groups in total. The first-order chi connectivity index (χ1) is 11.7. The number of hydrogen-bond acceptors (Lipinski definition) is 4. The summed E-state index contributed by atoms with van der Waals surface area (Å²) in [4.78, 5) is 24.3. The van der Waals surface area contributed by atoms with Crippen LogP contribution in [0.15, 0.2) is 47.3 Å². The molecule has 6 nitrogen and oxygen atoms in total. The molecule has 134 valence electrons. The SMILES string of the molecule is Cl.O=C(NCC1CCCNC1)c1ccc(=O)n(Cc2ccccc2)n1. The molecule has 0 aliphatic carbocycles. The minimum atomic E-state index is -0.234. The molecule has 2 aromatic rings. The fraction of sp³-hybridized carbons (Fsp3) is 0.389. The van der Waals surface area contributed by atoms with E-state index < -0.39 is 0 Å². The van der Waals surface area contributed by atoms with Crippen LogP contribution in [0.25, 0.3) is 0 Å². The summed E-state index contributed by atoms with van der Waals surface area (Å²) >= 11 is 0. The monoisotopic (exact) mass is 362 g/mol. The lowest BCUT2D eigenvalue weighted by atomic mass is 10.00. The molecule has 1 unspecified atom stereocenters. The summed E-state index contributed by atoms with van der Waals surface area (Å²) in [6.07, 6.45) is 2.26. The third-order valence-corrected chi connectivity index (χ3v) is 4.22. The summed E-state index contributed by atoms with van der Waals surface area (Å²) in [5.74, 6) is 0.223. The largest absolute Gasteiger partial charge is 0.350 e. The summed E-state index contributed by atoms with van der Waals surface area (Å²) in [6.45, 7) is 2.97. The molecular weight excluding hydrogens is 340 g/mol. The summed E-state index contributed by atoms with van der Waals surface area (Å²) in [5, 5.41) is 10.5. The molecule has 3 rings (SSSR count). The topological polar surface area (TPSA) is 76.0 Å². The Kier molecular flexibility index (Phi) is 7.16. The van der Waals surface area contributed by atoms with Gasteiger partial charge in [-0.05, 0) is 43.5 Å². The van der Waals surface area contributed by atoms with E-state index in [1.807, 2.05) is 30.3 Å². The van der Waals surface area contributed by atoms with Crippen molar-refractivity contribution in [2.45, 2.75) is 19.4 Å². The number of aromatic nitrogens is 2. The van der Waals surface area contributed by atoms with Crippen LogP contribution in [0.2, 0.25) is 0 Å². The van der Waals surface area contributed by atoms with Gasteiger partial charge in [0.05, 0.1) is 6.54 Å². The van der Waals surface area contributed by atoms with Gasteiger partial charge in [-0.2, -0.15) is 5.10 Å². The van der Waals surface area contributed by atoms with E-state index in [1.165, 1.54) is 16.8 Å². The molecule has 1 aromatic heterocycles. The molecule has 7 heteroatoms. The summed E-state index contributed by atoms with van der Waals surface area (Å²) < 4.78 is 1.33. The molecule has 1 fully saturated rings. The molecule has 0 saturated carbocycles. The van der Waals surface area contributed by atoms with Gasteiger partial charge in [-0.1, -0.05) is 30.3 Å². The van der Waals surface area contributed by atoms with E-state index in [2.05, 4.69) is 15.7 Å². The molecule has 1 saturated heterocycles. The van der Waals surface area contributed by atoms with Crippen molar-refractivity contribution in [3.05, 3.63) is 64.1 Å². The van der Waals surface area contributed by atoms with Crippen molar-refractivity contribution < 1.29 is 4.79 Å². The summed E-state index contributed by atoms with van der Waals surface area (Å²) in [6, 6.07) is 12.5. The van der Waals surface area contributed by atoms with Crippen molar-refractivity contribution in [1.29, 1.82) is 0 Å².